The van der Waals surface area contributed by atoms with Crippen molar-refractivity contribution in [2.24, 2.45) is 5.92 Å². The molecular weight excluding hydrogens is 246 g/mol. The number of aromatic nitrogens is 2. The standard InChI is InChI=1S/C17H23N3/c1-12(2)6-9-16-19-14-10-13(11-18)7-8-15(14)20(16)17(3,4)5/h7-8,10,12H,6,9H2,1-5H3. The maximum atomic E-state index is 9.02. The fraction of sp³-hybridized carbons (Fsp3) is 0.529. The molecule has 3 nitrogen and oxygen atoms in total. The Morgan fingerprint density at radius 1 is 1.30 bits per heavy atom. The Hall–Kier alpha value is -1.82. The lowest BCUT2D eigenvalue weighted by Crippen LogP contribution is -2.24. The van der Waals surface area contributed by atoms with Gasteiger partial charge in [0.05, 0.1) is 22.7 Å². The Bertz CT molecular complexity index is 651. The van der Waals surface area contributed by atoms with Crippen LogP contribution < -0.4 is 0 Å². The second-order valence-electron chi connectivity index (χ2n) is 6.78. The van der Waals surface area contributed by atoms with E-state index in [9.17, 15) is 0 Å². The normalized spacial score (nSPS) is 12.1. The molecule has 0 N–H and O–H groups in total. The van der Waals surface area contributed by atoms with Crippen LogP contribution in [0.5, 0.6) is 0 Å². The van der Waals surface area contributed by atoms with Crippen molar-refractivity contribution in [1.82, 2.24) is 9.55 Å². The molecule has 0 radical (unpaired) electrons. The summed E-state index contributed by atoms with van der Waals surface area (Å²) in [5, 5.41) is 9.02. The van der Waals surface area contributed by atoms with Gasteiger partial charge in [0.25, 0.3) is 0 Å². The van der Waals surface area contributed by atoms with Gasteiger partial charge in [0.2, 0.25) is 0 Å². The fourth-order valence-corrected chi connectivity index (χ4v) is 2.53. The Kier molecular flexibility index (Phi) is 3.85. The van der Waals surface area contributed by atoms with E-state index in [1.54, 1.807) is 0 Å². The van der Waals surface area contributed by atoms with E-state index in [0.29, 0.717) is 11.5 Å². The van der Waals surface area contributed by atoms with Crippen LogP contribution in [-0.2, 0) is 12.0 Å². The van der Waals surface area contributed by atoms with Crippen molar-refractivity contribution in [2.45, 2.75) is 53.0 Å². The molecule has 0 aliphatic heterocycles. The van der Waals surface area contributed by atoms with E-state index in [4.69, 9.17) is 10.2 Å². The number of hydrogen-bond acceptors (Lipinski definition) is 2. The van der Waals surface area contributed by atoms with Crippen LogP contribution >= 0.6 is 0 Å². The zero-order valence-corrected chi connectivity index (χ0v) is 13.1. The molecule has 0 amide bonds. The van der Waals surface area contributed by atoms with Crippen LogP contribution in [0.2, 0.25) is 0 Å². The number of benzene rings is 1. The van der Waals surface area contributed by atoms with Crippen LogP contribution in [0.25, 0.3) is 11.0 Å². The summed E-state index contributed by atoms with van der Waals surface area (Å²) in [4.78, 5) is 4.77. The maximum absolute atomic E-state index is 9.02. The fourth-order valence-electron chi connectivity index (χ4n) is 2.53. The number of nitrogens with zero attached hydrogens (tertiary/aromatic N) is 3. The lowest BCUT2D eigenvalue weighted by atomic mass is 10.1. The monoisotopic (exact) mass is 269 g/mol. The number of imidazole rings is 1. The molecule has 0 aliphatic rings. The highest BCUT2D eigenvalue weighted by molar-refractivity contribution is 5.78. The highest BCUT2D eigenvalue weighted by Crippen LogP contribution is 2.27. The van der Waals surface area contributed by atoms with Crippen LogP contribution in [-0.4, -0.2) is 9.55 Å². The van der Waals surface area contributed by atoms with Gasteiger partial charge in [-0.15, -0.1) is 0 Å². The summed E-state index contributed by atoms with van der Waals surface area (Å²) in [6.45, 7) is 11.1. The van der Waals surface area contributed by atoms with Crippen LogP contribution in [0.15, 0.2) is 18.2 Å². The van der Waals surface area contributed by atoms with Gasteiger partial charge in [-0.2, -0.15) is 5.26 Å². The zero-order valence-electron chi connectivity index (χ0n) is 13.1. The van der Waals surface area contributed by atoms with E-state index in [1.165, 1.54) is 0 Å². The largest absolute Gasteiger partial charge is 0.323 e. The molecule has 0 spiro atoms. The van der Waals surface area contributed by atoms with Gasteiger partial charge in [-0.25, -0.2) is 4.98 Å². The van der Waals surface area contributed by atoms with Gasteiger partial charge in [-0.3, -0.25) is 0 Å². The summed E-state index contributed by atoms with van der Waals surface area (Å²) in [7, 11) is 0. The first-order valence-corrected chi connectivity index (χ1v) is 7.25. The van der Waals surface area contributed by atoms with Crippen LogP contribution in [0.3, 0.4) is 0 Å². The minimum absolute atomic E-state index is 0.00474. The highest BCUT2D eigenvalue weighted by atomic mass is 15.1. The minimum Gasteiger partial charge on any atom is -0.323 e. The molecule has 0 atom stereocenters. The molecular formula is C17H23N3. The number of rotatable bonds is 3. The van der Waals surface area contributed by atoms with Crippen LogP contribution in [0, 0.1) is 17.2 Å². The van der Waals surface area contributed by atoms with Gasteiger partial charge in [0.15, 0.2) is 0 Å². The third-order valence-corrected chi connectivity index (χ3v) is 3.47. The van der Waals surface area contributed by atoms with Crippen LogP contribution in [0.1, 0.15) is 52.4 Å². The molecule has 3 heteroatoms. The molecule has 1 heterocycles. The van der Waals surface area contributed by atoms with E-state index in [1.807, 2.05) is 18.2 Å². The van der Waals surface area contributed by atoms with Crippen molar-refractivity contribution < 1.29 is 0 Å². The van der Waals surface area contributed by atoms with Gasteiger partial charge in [-0.1, -0.05) is 13.8 Å². The van der Waals surface area contributed by atoms with Gasteiger partial charge in [-0.05, 0) is 51.3 Å². The summed E-state index contributed by atoms with van der Waals surface area (Å²) in [5.41, 5.74) is 2.72. The second-order valence-corrected chi connectivity index (χ2v) is 6.78. The summed E-state index contributed by atoms with van der Waals surface area (Å²) in [6, 6.07) is 7.97. The van der Waals surface area contributed by atoms with E-state index in [-0.39, 0.29) is 5.54 Å². The number of aryl methyl sites for hydroxylation is 1. The molecule has 1 aromatic carbocycles. The molecule has 20 heavy (non-hydrogen) atoms. The molecule has 0 fully saturated rings. The van der Waals surface area contributed by atoms with E-state index in [2.05, 4.69) is 45.3 Å². The molecule has 2 rings (SSSR count). The molecule has 0 bridgehead atoms. The molecule has 0 saturated carbocycles. The minimum atomic E-state index is -0.00474. The SMILES string of the molecule is CC(C)CCc1nc2cc(C#N)ccc2n1C(C)(C)C. The predicted octanol–water partition coefficient (Wildman–Crippen LogP) is 4.25. The molecule has 0 unspecified atom stereocenters. The highest BCUT2D eigenvalue weighted by Gasteiger charge is 2.21. The molecule has 106 valence electrons. The van der Waals surface area contributed by atoms with Gasteiger partial charge < -0.3 is 4.57 Å². The van der Waals surface area contributed by atoms with E-state index < -0.39 is 0 Å². The summed E-state index contributed by atoms with van der Waals surface area (Å²) < 4.78 is 2.31. The Morgan fingerprint density at radius 3 is 2.55 bits per heavy atom. The lowest BCUT2D eigenvalue weighted by Gasteiger charge is -2.25. The zero-order chi connectivity index (χ0) is 14.9. The summed E-state index contributed by atoms with van der Waals surface area (Å²) in [6.07, 6.45) is 2.11. The number of fused-ring (bicyclic) bond motifs is 1. The Morgan fingerprint density at radius 2 is 2.00 bits per heavy atom. The van der Waals surface area contributed by atoms with Gasteiger partial charge in [0.1, 0.15) is 5.82 Å². The van der Waals surface area contributed by atoms with Crippen molar-refractivity contribution in [3.05, 3.63) is 29.6 Å². The summed E-state index contributed by atoms with van der Waals surface area (Å²) >= 11 is 0. The van der Waals surface area contributed by atoms with Gasteiger partial charge >= 0.3 is 0 Å². The molecule has 1 aromatic heterocycles. The summed E-state index contributed by atoms with van der Waals surface area (Å²) in [5.74, 6) is 1.79. The van der Waals surface area contributed by atoms with Crippen molar-refractivity contribution in [3.8, 4) is 6.07 Å². The third kappa shape index (κ3) is 2.85. The smallest absolute Gasteiger partial charge is 0.110 e. The molecule has 0 saturated heterocycles. The topological polar surface area (TPSA) is 41.6 Å². The predicted molar refractivity (Wildman–Crippen MR) is 82.6 cm³/mol. The average Bonchev–Trinajstić information content (AvgIpc) is 2.73. The second kappa shape index (κ2) is 5.28. The Labute approximate surface area is 121 Å². The molecule has 0 aliphatic carbocycles. The maximum Gasteiger partial charge on any atom is 0.110 e. The average molecular weight is 269 g/mol. The third-order valence-electron chi connectivity index (χ3n) is 3.47. The number of hydrogen-bond donors (Lipinski definition) is 0. The first kappa shape index (κ1) is 14.6. The van der Waals surface area contributed by atoms with Crippen molar-refractivity contribution in [2.75, 3.05) is 0 Å². The first-order valence-electron chi connectivity index (χ1n) is 7.25. The van der Waals surface area contributed by atoms with Crippen molar-refractivity contribution >= 4 is 11.0 Å². The Balaban J connectivity index is 2.57. The van der Waals surface area contributed by atoms with Gasteiger partial charge in [0, 0.05) is 12.0 Å². The quantitative estimate of drug-likeness (QED) is 0.835. The molecule has 2 aromatic rings. The lowest BCUT2D eigenvalue weighted by molar-refractivity contribution is 0.389. The van der Waals surface area contributed by atoms with E-state index in [0.717, 1.165) is 29.7 Å². The number of nitriles is 1. The van der Waals surface area contributed by atoms with E-state index >= 15 is 0 Å². The first-order chi connectivity index (χ1) is 9.32. The van der Waals surface area contributed by atoms with Crippen molar-refractivity contribution in [1.29, 1.82) is 5.26 Å². The van der Waals surface area contributed by atoms with Crippen molar-refractivity contribution in [3.63, 3.8) is 0 Å². The van der Waals surface area contributed by atoms with Crippen LogP contribution in [0.4, 0.5) is 0 Å².